The second-order valence-electron chi connectivity index (χ2n) is 6.66. The molecule has 1 fully saturated rings. The maximum absolute atomic E-state index is 15.5. The van der Waals surface area contributed by atoms with Gasteiger partial charge in [-0.1, -0.05) is 30.3 Å². The zero-order valence-corrected chi connectivity index (χ0v) is 15.7. The van der Waals surface area contributed by atoms with Crippen molar-refractivity contribution in [2.45, 2.75) is 6.04 Å². The fourth-order valence-electron chi connectivity index (χ4n) is 3.72. The third-order valence-corrected chi connectivity index (χ3v) is 5.04. The van der Waals surface area contributed by atoms with Gasteiger partial charge in [-0.2, -0.15) is 5.26 Å². The van der Waals surface area contributed by atoms with E-state index >= 15 is 4.39 Å². The lowest BCUT2D eigenvalue weighted by Gasteiger charge is -2.29. The first-order valence-electron chi connectivity index (χ1n) is 8.98. The van der Waals surface area contributed by atoms with Gasteiger partial charge in [0.25, 0.3) is 0 Å². The number of fused-ring (bicyclic) bond motifs is 1. The summed E-state index contributed by atoms with van der Waals surface area (Å²) >= 11 is 0. The highest BCUT2D eigenvalue weighted by Crippen LogP contribution is 2.46. The van der Waals surface area contributed by atoms with Gasteiger partial charge in [0.15, 0.2) is 11.6 Å². The minimum absolute atomic E-state index is 0.0000491. The van der Waals surface area contributed by atoms with Gasteiger partial charge >= 0.3 is 0 Å². The highest BCUT2D eigenvalue weighted by Gasteiger charge is 2.42. The van der Waals surface area contributed by atoms with E-state index in [1.807, 2.05) is 41.3 Å². The van der Waals surface area contributed by atoms with Gasteiger partial charge in [0.1, 0.15) is 23.6 Å². The SMILES string of the molecule is COc1c(-c2ccccc2)cc(C#N)c(F)c1N1C2=CN=CCN2CC1C(N)=O. The molecule has 2 aliphatic rings. The number of methoxy groups -OCH3 is 1. The molecule has 2 aromatic carbocycles. The molecule has 4 rings (SSSR count). The van der Waals surface area contributed by atoms with Crippen LogP contribution in [0.25, 0.3) is 11.1 Å². The molecule has 2 N–H and O–H groups in total. The molecule has 1 amide bonds. The summed E-state index contributed by atoms with van der Waals surface area (Å²) in [5.74, 6) is -0.628. The lowest BCUT2D eigenvalue weighted by molar-refractivity contribution is -0.118. The third kappa shape index (κ3) is 2.97. The van der Waals surface area contributed by atoms with E-state index in [1.54, 1.807) is 12.4 Å². The van der Waals surface area contributed by atoms with Crippen molar-refractivity contribution in [2.24, 2.45) is 10.7 Å². The van der Waals surface area contributed by atoms with Gasteiger partial charge in [-0.05, 0) is 11.6 Å². The molecule has 146 valence electrons. The first-order chi connectivity index (χ1) is 14.1. The van der Waals surface area contributed by atoms with Crippen LogP contribution in [0, 0.1) is 17.1 Å². The number of hydrogen-bond acceptors (Lipinski definition) is 6. The van der Waals surface area contributed by atoms with Crippen molar-refractivity contribution >= 4 is 17.8 Å². The average Bonchev–Trinajstić information content (AvgIpc) is 3.13. The Kier molecular flexibility index (Phi) is 4.64. The summed E-state index contributed by atoms with van der Waals surface area (Å²) in [6.45, 7) is 0.757. The van der Waals surface area contributed by atoms with Crippen molar-refractivity contribution in [3.63, 3.8) is 0 Å². The summed E-state index contributed by atoms with van der Waals surface area (Å²) in [6, 6.07) is 11.7. The van der Waals surface area contributed by atoms with Gasteiger partial charge in [-0.25, -0.2) is 4.39 Å². The molecule has 1 saturated heterocycles. The zero-order chi connectivity index (χ0) is 20.5. The number of hydrogen-bond donors (Lipinski definition) is 1. The van der Waals surface area contributed by atoms with Gasteiger partial charge in [-0.15, -0.1) is 0 Å². The standard InChI is InChI=1S/C21H18FN5O2/c1-29-20-15(13-5-3-2-4-6-13)9-14(10-23)18(22)19(20)27-16(21(24)28)12-26-8-7-25-11-17(26)27/h2-7,9,11,16H,8,12H2,1H3,(H2,24,28). The number of primary amides is 1. The minimum atomic E-state index is -0.830. The number of halogens is 1. The molecule has 8 heteroatoms. The number of carbonyl (C=O) groups is 1. The predicted octanol–water partition coefficient (Wildman–Crippen LogP) is 2.23. The molecule has 29 heavy (non-hydrogen) atoms. The topological polar surface area (TPSA) is 94.9 Å². The lowest BCUT2D eigenvalue weighted by Crippen LogP contribution is -2.42. The number of benzene rings is 2. The van der Waals surface area contributed by atoms with E-state index in [0.717, 1.165) is 5.56 Å². The monoisotopic (exact) mass is 391 g/mol. The van der Waals surface area contributed by atoms with Crippen molar-refractivity contribution in [3.8, 4) is 22.9 Å². The third-order valence-electron chi connectivity index (χ3n) is 5.04. The van der Waals surface area contributed by atoms with Crippen molar-refractivity contribution in [2.75, 3.05) is 25.1 Å². The largest absolute Gasteiger partial charge is 0.494 e. The van der Waals surface area contributed by atoms with E-state index in [4.69, 9.17) is 10.5 Å². The van der Waals surface area contributed by atoms with Crippen LogP contribution in [0.1, 0.15) is 5.56 Å². The Bertz CT molecular complexity index is 1070. The molecular formula is C21H18FN5O2. The number of nitriles is 1. The van der Waals surface area contributed by atoms with Crippen LogP contribution in [-0.2, 0) is 4.79 Å². The summed E-state index contributed by atoms with van der Waals surface area (Å²) < 4.78 is 21.1. The van der Waals surface area contributed by atoms with E-state index in [9.17, 15) is 10.1 Å². The van der Waals surface area contributed by atoms with Crippen molar-refractivity contribution in [1.82, 2.24) is 4.90 Å². The van der Waals surface area contributed by atoms with Crippen molar-refractivity contribution in [3.05, 3.63) is 59.8 Å². The highest BCUT2D eigenvalue weighted by atomic mass is 19.1. The molecule has 0 saturated carbocycles. The van der Waals surface area contributed by atoms with Crippen LogP contribution < -0.4 is 15.4 Å². The van der Waals surface area contributed by atoms with Gasteiger partial charge in [0.05, 0.1) is 25.4 Å². The Morgan fingerprint density at radius 2 is 2.14 bits per heavy atom. The number of nitrogens with zero attached hydrogens (tertiary/aromatic N) is 4. The maximum atomic E-state index is 15.5. The lowest BCUT2D eigenvalue weighted by atomic mass is 9.99. The summed E-state index contributed by atoms with van der Waals surface area (Å²) in [7, 11) is 1.43. The van der Waals surface area contributed by atoms with E-state index in [-0.39, 0.29) is 23.5 Å². The Morgan fingerprint density at radius 1 is 1.38 bits per heavy atom. The quantitative estimate of drug-likeness (QED) is 0.862. The predicted molar refractivity (Wildman–Crippen MR) is 107 cm³/mol. The van der Waals surface area contributed by atoms with Crippen molar-refractivity contribution in [1.29, 1.82) is 5.26 Å². The fraction of sp³-hybridized carbons (Fsp3) is 0.190. The summed E-state index contributed by atoms with van der Waals surface area (Å²) in [5.41, 5.74) is 6.78. The molecule has 0 aliphatic carbocycles. The molecule has 2 heterocycles. The molecule has 0 spiro atoms. The van der Waals surface area contributed by atoms with Gasteiger partial charge in [0.2, 0.25) is 5.91 Å². The Balaban J connectivity index is 2.01. The van der Waals surface area contributed by atoms with E-state index < -0.39 is 17.8 Å². The number of anilines is 1. The molecule has 1 unspecified atom stereocenters. The Labute approximate surface area is 167 Å². The number of rotatable bonds is 4. The first kappa shape index (κ1) is 18.5. The van der Waals surface area contributed by atoms with E-state index in [0.29, 0.717) is 17.9 Å². The van der Waals surface area contributed by atoms with Crippen LogP contribution in [-0.4, -0.2) is 43.3 Å². The van der Waals surface area contributed by atoms with Crippen LogP contribution >= 0.6 is 0 Å². The van der Waals surface area contributed by atoms with E-state index in [1.165, 1.54) is 18.1 Å². The molecule has 0 radical (unpaired) electrons. The number of ether oxygens (including phenoxy) is 1. The van der Waals surface area contributed by atoms with Crippen LogP contribution in [0.15, 0.2) is 53.4 Å². The number of carbonyl (C=O) groups excluding carboxylic acids is 1. The molecule has 0 bridgehead atoms. The summed E-state index contributed by atoms with van der Waals surface area (Å²) in [6.07, 6.45) is 3.24. The molecule has 1 atom stereocenters. The van der Waals surface area contributed by atoms with Crippen molar-refractivity contribution < 1.29 is 13.9 Å². The smallest absolute Gasteiger partial charge is 0.242 e. The molecular weight excluding hydrogens is 373 g/mol. The summed E-state index contributed by atoms with van der Waals surface area (Å²) in [4.78, 5) is 19.7. The second-order valence-corrected chi connectivity index (χ2v) is 6.66. The number of nitrogens with two attached hydrogens (primary N) is 1. The first-order valence-corrected chi connectivity index (χ1v) is 8.98. The molecule has 2 aromatic rings. The van der Waals surface area contributed by atoms with Crippen LogP contribution in [0.3, 0.4) is 0 Å². The van der Waals surface area contributed by atoms with Crippen LogP contribution in [0.2, 0.25) is 0 Å². The Hall–Kier alpha value is -3.86. The second kappa shape index (κ2) is 7.28. The minimum Gasteiger partial charge on any atom is -0.494 e. The van der Waals surface area contributed by atoms with E-state index in [2.05, 4.69) is 4.99 Å². The van der Waals surface area contributed by atoms with Gasteiger partial charge in [0, 0.05) is 18.3 Å². The fourth-order valence-corrected chi connectivity index (χ4v) is 3.72. The zero-order valence-electron chi connectivity index (χ0n) is 15.7. The maximum Gasteiger partial charge on any atom is 0.242 e. The van der Waals surface area contributed by atoms with Gasteiger partial charge < -0.3 is 20.3 Å². The number of amides is 1. The van der Waals surface area contributed by atoms with Gasteiger partial charge in [-0.3, -0.25) is 9.79 Å². The normalized spacial score (nSPS) is 17.6. The summed E-state index contributed by atoms with van der Waals surface area (Å²) in [5, 5.41) is 9.54. The number of aliphatic imine (C=N–C) groups is 1. The Morgan fingerprint density at radius 3 is 2.79 bits per heavy atom. The van der Waals surface area contributed by atoms with Crippen LogP contribution in [0.5, 0.6) is 5.75 Å². The molecule has 7 nitrogen and oxygen atoms in total. The average molecular weight is 391 g/mol. The molecule has 0 aromatic heterocycles. The molecule has 2 aliphatic heterocycles. The van der Waals surface area contributed by atoms with Crippen LogP contribution in [0.4, 0.5) is 10.1 Å². The highest BCUT2D eigenvalue weighted by molar-refractivity contribution is 5.90.